The Bertz CT molecular complexity index is 1150. The Morgan fingerprint density at radius 1 is 1.03 bits per heavy atom. The summed E-state index contributed by atoms with van der Waals surface area (Å²) in [5.74, 6) is -5.42. The fourth-order valence-electron chi connectivity index (χ4n) is 4.83. The molecule has 0 radical (unpaired) electrons. The molecule has 1 amide bonds. The van der Waals surface area contributed by atoms with E-state index in [4.69, 9.17) is 4.74 Å². The molecule has 2 aromatic carbocycles. The number of anilines is 2. The molecule has 2 aromatic rings. The molecule has 4 rings (SSSR count). The van der Waals surface area contributed by atoms with Crippen molar-refractivity contribution >= 4 is 27.1 Å². The van der Waals surface area contributed by atoms with Crippen molar-refractivity contribution in [1.82, 2.24) is 0 Å². The lowest BCUT2D eigenvalue weighted by molar-refractivity contribution is 0.102. The van der Waals surface area contributed by atoms with Crippen LogP contribution in [-0.4, -0.2) is 46.9 Å². The lowest BCUT2D eigenvalue weighted by Crippen LogP contribution is -2.33. The van der Waals surface area contributed by atoms with Gasteiger partial charge in [0.15, 0.2) is 27.3 Å². The number of benzene rings is 2. The molecule has 6 nitrogen and oxygen atoms in total. The summed E-state index contributed by atoms with van der Waals surface area (Å²) in [6.45, 7) is 0.917. The number of carbonyl (C=O) groups is 1. The lowest BCUT2D eigenvalue weighted by atomic mass is 10.0. The number of carbonyl (C=O) groups excluding carboxylic acids is 1. The molecule has 3 atom stereocenters. The highest BCUT2D eigenvalue weighted by atomic mass is 32.2. The minimum absolute atomic E-state index is 0.00142. The van der Waals surface area contributed by atoms with E-state index < -0.39 is 38.4 Å². The average molecular weight is 483 g/mol. The van der Waals surface area contributed by atoms with Crippen molar-refractivity contribution in [2.24, 2.45) is 11.8 Å². The summed E-state index contributed by atoms with van der Waals surface area (Å²) in [5, 5.41) is 1.70. The molecule has 1 heterocycles. The molecule has 1 N–H and O–H groups in total. The van der Waals surface area contributed by atoms with E-state index in [1.807, 2.05) is 0 Å². The van der Waals surface area contributed by atoms with Crippen molar-refractivity contribution < 1.29 is 31.1 Å². The summed E-state index contributed by atoms with van der Waals surface area (Å²) in [7, 11) is -0.394. The number of halogens is 3. The summed E-state index contributed by atoms with van der Waals surface area (Å²) < 4.78 is 73.5. The lowest BCUT2D eigenvalue weighted by Gasteiger charge is -2.25. The molecule has 1 saturated heterocycles. The first kappa shape index (κ1) is 23.6. The highest BCUT2D eigenvalue weighted by Crippen LogP contribution is 2.44. The van der Waals surface area contributed by atoms with Crippen LogP contribution in [0.2, 0.25) is 0 Å². The molecule has 1 aliphatic carbocycles. The van der Waals surface area contributed by atoms with Crippen LogP contribution in [0.4, 0.5) is 24.5 Å². The predicted octanol–water partition coefficient (Wildman–Crippen LogP) is 4.01. The van der Waals surface area contributed by atoms with Crippen molar-refractivity contribution in [1.29, 1.82) is 0 Å². The number of nitrogens with one attached hydrogen (secondary N) is 1. The van der Waals surface area contributed by atoms with Crippen molar-refractivity contribution in [3.05, 3.63) is 53.3 Å². The van der Waals surface area contributed by atoms with Crippen molar-refractivity contribution in [2.45, 2.75) is 29.4 Å². The average Bonchev–Trinajstić information content (AvgIpc) is 3.04. The fourth-order valence-corrected chi connectivity index (χ4v) is 7.46. The van der Waals surface area contributed by atoms with Crippen molar-refractivity contribution in [3.8, 4) is 0 Å². The van der Waals surface area contributed by atoms with Gasteiger partial charge in [0.25, 0.3) is 5.91 Å². The summed E-state index contributed by atoms with van der Waals surface area (Å²) in [6, 6.07) is 5.58. The minimum atomic E-state index is -3.82. The topological polar surface area (TPSA) is 75.7 Å². The Hall–Kier alpha value is -2.59. The van der Waals surface area contributed by atoms with Crippen LogP contribution in [0.3, 0.4) is 0 Å². The third kappa shape index (κ3) is 4.46. The van der Waals surface area contributed by atoms with Crippen LogP contribution in [0.25, 0.3) is 0 Å². The molecule has 10 heteroatoms. The van der Waals surface area contributed by atoms with Crippen LogP contribution in [0.1, 0.15) is 29.6 Å². The summed E-state index contributed by atoms with van der Waals surface area (Å²) in [4.78, 5) is 14.5. The first-order valence-corrected chi connectivity index (χ1v) is 12.2. The van der Waals surface area contributed by atoms with E-state index in [0.717, 1.165) is 12.8 Å². The molecule has 33 heavy (non-hydrogen) atoms. The molecule has 178 valence electrons. The Balaban J connectivity index is 1.71. The number of fused-ring (bicyclic) bond motifs is 2. The fraction of sp³-hybridized carbons (Fsp3) is 0.435. The van der Waals surface area contributed by atoms with Gasteiger partial charge in [0, 0.05) is 44.1 Å². The van der Waals surface area contributed by atoms with Gasteiger partial charge >= 0.3 is 0 Å². The first-order valence-electron chi connectivity index (χ1n) is 10.7. The highest BCUT2D eigenvalue weighted by Gasteiger charge is 2.47. The standard InChI is InChI=1S/C23H25F3N2O4S/c1-28(2)19-6-5-14(23(29)27-16-10-17(24)21(26)18(25)11-16)9-20(19)33(30,31)22-13-3-4-15(22)12-32-8-7-13/h5-6,9-11,13,15,22H,3-4,7-8,12H2,1-2H3,(H,27,29)/t13-,15?,22?/m1/s1. The Labute approximate surface area is 190 Å². The predicted molar refractivity (Wildman–Crippen MR) is 118 cm³/mol. The van der Waals surface area contributed by atoms with Crippen molar-refractivity contribution in [2.75, 3.05) is 37.5 Å². The van der Waals surface area contributed by atoms with E-state index >= 15 is 0 Å². The van der Waals surface area contributed by atoms with Gasteiger partial charge in [-0.1, -0.05) is 0 Å². The number of hydrogen-bond acceptors (Lipinski definition) is 5. The largest absolute Gasteiger partial charge is 0.381 e. The van der Waals surface area contributed by atoms with Crippen LogP contribution in [0.5, 0.6) is 0 Å². The van der Waals surface area contributed by atoms with Gasteiger partial charge in [-0.3, -0.25) is 4.79 Å². The van der Waals surface area contributed by atoms with Crippen LogP contribution >= 0.6 is 0 Å². The molecular formula is C23H25F3N2O4S. The number of hydrogen-bond donors (Lipinski definition) is 1. The Kier molecular flexibility index (Phi) is 6.41. The molecule has 1 aliphatic heterocycles. The molecule has 2 unspecified atom stereocenters. The smallest absolute Gasteiger partial charge is 0.255 e. The maximum absolute atomic E-state index is 13.8. The summed E-state index contributed by atoms with van der Waals surface area (Å²) in [5.41, 5.74) is 0.160. The van der Waals surface area contributed by atoms with Gasteiger partial charge in [-0.25, -0.2) is 21.6 Å². The van der Waals surface area contributed by atoms with Crippen molar-refractivity contribution in [3.63, 3.8) is 0 Å². The van der Waals surface area contributed by atoms with E-state index in [0.29, 0.717) is 37.5 Å². The maximum Gasteiger partial charge on any atom is 0.255 e. The number of sulfone groups is 1. The second kappa shape index (κ2) is 8.98. The van der Waals surface area contributed by atoms with Crippen LogP contribution in [0, 0.1) is 29.3 Å². The number of ether oxygens (including phenoxy) is 1. The third-order valence-corrected chi connectivity index (χ3v) is 8.84. The normalized spacial score (nSPS) is 22.6. The van der Waals surface area contributed by atoms with Crippen LogP contribution < -0.4 is 10.2 Å². The molecule has 0 aromatic heterocycles. The Morgan fingerprint density at radius 3 is 2.36 bits per heavy atom. The number of amides is 1. The summed E-state index contributed by atoms with van der Waals surface area (Å²) in [6.07, 6.45) is 2.25. The number of rotatable bonds is 5. The SMILES string of the molecule is CN(C)c1ccc(C(=O)Nc2cc(F)c(F)c(F)c2)cc1S(=O)(=O)C1C2CC[C@@H]1CCOC2. The van der Waals surface area contributed by atoms with E-state index in [1.54, 1.807) is 19.0 Å². The second-order valence-corrected chi connectivity index (χ2v) is 10.8. The van der Waals surface area contributed by atoms with E-state index in [-0.39, 0.29) is 28.0 Å². The second-order valence-electron chi connectivity index (χ2n) is 8.76. The van der Waals surface area contributed by atoms with Gasteiger partial charge in [-0.2, -0.15) is 0 Å². The molecule has 2 bridgehead atoms. The van der Waals surface area contributed by atoms with Gasteiger partial charge in [0.05, 0.1) is 22.4 Å². The zero-order chi connectivity index (χ0) is 23.9. The summed E-state index contributed by atoms with van der Waals surface area (Å²) >= 11 is 0. The third-order valence-electron chi connectivity index (χ3n) is 6.41. The first-order chi connectivity index (χ1) is 15.6. The van der Waals surface area contributed by atoms with E-state index in [2.05, 4.69) is 5.32 Å². The molecule has 1 saturated carbocycles. The molecule has 2 aliphatic rings. The van der Waals surface area contributed by atoms with Gasteiger partial charge in [0.2, 0.25) is 0 Å². The molecular weight excluding hydrogens is 457 g/mol. The molecule has 0 spiro atoms. The van der Waals surface area contributed by atoms with Gasteiger partial charge in [0.1, 0.15) is 0 Å². The van der Waals surface area contributed by atoms with Gasteiger partial charge in [-0.15, -0.1) is 0 Å². The van der Waals surface area contributed by atoms with Gasteiger partial charge < -0.3 is 15.0 Å². The number of nitrogens with zero attached hydrogens (tertiary/aromatic N) is 1. The maximum atomic E-state index is 13.8. The molecule has 2 fully saturated rings. The van der Waals surface area contributed by atoms with E-state index in [1.165, 1.54) is 18.2 Å². The van der Waals surface area contributed by atoms with E-state index in [9.17, 15) is 26.4 Å². The van der Waals surface area contributed by atoms with Crippen LogP contribution in [0.15, 0.2) is 35.2 Å². The zero-order valence-electron chi connectivity index (χ0n) is 18.3. The Morgan fingerprint density at radius 2 is 1.70 bits per heavy atom. The minimum Gasteiger partial charge on any atom is -0.381 e. The van der Waals surface area contributed by atoms with Crippen LogP contribution in [-0.2, 0) is 14.6 Å². The quantitative estimate of drug-likeness (QED) is 0.652. The van der Waals surface area contributed by atoms with Gasteiger partial charge in [-0.05, 0) is 49.3 Å². The highest BCUT2D eigenvalue weighted by molar-refractivity contribution is 7.92. The zero-order valence-corrected chi connectivity index (χ0v) is 19.1. The monoisotopic (exact) mass is 482 g/mol.